The van der Waals surface area contributed by atoms with Crippen LogP contribution in [0.5, 0.6) is 0 Å². The lowest BCUT2D eigenvalue weighted by Crippen LogP contribution is -2.40. The molecule has 152 valence electrons. The molecule has 0 spiro atoms. The summed E-state index contributed by atoms with van der Waals surface area (Å²) >= 11 is 0. The van der Waals surface area contributed by atoms with Crippen LogP contribution in [0, 0.1) is 13.8 Å². The van der Waals surface area contributed by atoms with E-state index in [1.165, 1.54) is 0 Å². The van der Waals surface area contributed by atoms with Crippen LogP contribution in [0.3, 0.4) is 0 Å². The lowest BCUT2D eigenvalue weighted by molar-refractivity contribution is -0.144. The number of aromatic amines is 1. The van der Waals surface area contributed by atoms with Gasteiger partial charge in [-0.05, 0) is 50.2 Å². The molecule has 4 rings (SSSR count). The Balaban J connectivity index is 2.14. The largest absolute Gasteiger partial charge is 0.449 e. The number of hydrogen-bond acceptors (Lipinski definition) is 1. The first-order valence-electron chi connectivity index (χ1n) is 9.55. The molecular formula is C24H21F3N2P+. The van der Waals surface area contributed by atoms with Gasteiger partial charge in [0, 0.05) is 0 Å². The molecule has 0 radical (unpaired) electrons. The van der Waals surface area contributed by atoms with Crippen LogP contribution >= 0.6 is 7.26 Å². The molecule has 4 aromatic rings. The lowest BCUT2D eigenvalue weighted by Gasteiger charge is -2.26. The number of imidazole rings is 1. The van der Waals surface area contributed by atoms with Gasteiger partial charge >= 0.3 is 6.18 Å². The number of hydrogen-bond donors (Lipinski definition) is 1. The third-order valence-corrected chi connectivity index (χ3v) is 9.44. The van der Waals surface area contributed by atoms with Crippen molar-refractivity contribution in [2.75, 3.05) is 0 Å². The molecule has 30 heavy (non-hydrogen) atoms. The molecule has 0 saturated carbocycles. The van der Waals surface area contributed by atoms with Crippen molar-refractivity contribution >= 4 is 28.6 Å². The topological polar surface area (TPSA) is 28.7 Å². The molecule has 0 atom stereocenters. The minimum absolute atomic E-state index is 0.434. The minimum Gasteiger partial charge on any atom is -0.335 e. The molecule has 0 aliphatic carbocycles. The number of aromatic nitrogens is 2. The summed E-state index contributed by atoms with van der Waals surface area (Å²) in [6.45, 7) is 3.67. The molecule has 0 aliphatic heterocycles. The van der Waals surface area contributed by atoms with Gasteiger partial charge in [-0.2, -0.15) is 18.2 Å². The summed E-state index contributed by atoms with van der Waals surface area (Å²) in [5, 5.41) is 2.89. The highest BCUT2D eigenvalue weighted by Gasteiger charge is 2.52. The summed E-state index contributed by atoms with van der Waals surface area (Å²) < 4.78 is 40.6. The minimum atomic E-state index is -4.54. The van der Waals surface area contributed by atoms with Crippen molar-refractivity contribution < 1.29 is 13.2 Å². The SMILES string of the molecule is Cc1ccc([P+](c2ccccc2)(c2ccccc2)c2nc(C(F)(F)F)[nH]c2C)cc1. The number of alkyl halides is 3. The van der Waals surface area contributed by atoms with Crippen molar-refractivity contribution in [2.24, 2.45) is 0 Å². The molecule has 0 unspecified atom stereocenters. The maximum Gasteiger partial charge on any atom is 0.449 e. The maximum atomic E-state index is 13.5. The van der Waals surface area contributed by atoms with E-state index < -0.39 is 19.3 Å². The Labute approximate surface area is 174 Å². The first-order valence-corrected chi connectivity index (χ1v) is 11.3. The number of rotatable bonds is 4. The number of benzene rings is 3. The van der Waals surface area contributed by atoms with Crippen molar-refractivity contribution in [1.82, 2.24) is 9.97 Å². The maximum absolute atomic E-state index is 13.5. The van der Waals surface area contributed by atoms with E-state index >= 15 is 0 Å². The molecule has 6 heteroatoms. The second kappa shape index (κ2) is 7.73. The summed E-state index contributed by atoms with van der Waals surface area (Å²) in [5.41, 5.74) is 1.98. The van der Waals surface area contributed by atoms with Crippen molar-refractivity contribution in [1.29, 1.82) is 0 Å². The number of H-pyrrole nitrogens is 1. The third kappa shape index (κ3) is 3.44. The molecule has 0 fully saturated rings. The number of aryl methyl sites for hydroxylation is 2. The molecular weight excluding hydrogens is 404 g/mol. The van der Waals surface area contributed by atoms with E-state index in [0.29, 0.717) is 11.1 Å². The molecule has 0 amide bonds. The Hall–Kier alpha value is -2.91. The second-order valence-corrected chi connectivity index (χ2v) is 10.5. The van der Waals surface area contributed by atoms with Crippen LogP contribution in [0.4, 0.5) is 13.2 Å². The Morgan fingerprint density at radius 2 is 1.17 bits per heavy atom. The average molecular weight is 425 g/mol. The lowest BCUT2D eigenvalue weighted by atomic mass is 10.2. The van der Waals surface area contributed by atoms with Gasteiger partial charge in [0.05, 0.1) is 5.69 Å². The average Bonchev–Trinajstić information content (AvgIpc) is 3.14. The number of nitrogens with zero attached hydrogens (tertiary/aromatic N) is 1. The molecule has 2 nitrogen and oxygen atoms in total. The standard InChI is InChI=1S/C24H21F3N2P/c1-17-13-15-21(16-14-17)30(19-9-5-3-6-10-19,20-11-7-4-8-12-20)22-18(2)28-23(29-22)24(25,26)27/h3-16H,1-2H3,(H,28,29)/q+1. The molecule has 0 aliphatic rings. The summed E-state index contributed by atoms with van der Waals surface area (Å²) in [6, 6.07) is 27.5. The van der Waals surface area contributed by atoms with E-state index in [9.17, 15) is 13.2 Å². The molecule has 3 aromatic carbocycles. The highest BCUT2D eigenvalue weighted by molar-refractivity contribution is 8.01. The quantitative estimate of drug-likeness (QED) is 0.473. The van der Waals surface area contributed by atoms with Crippen LogP contribution in [0.25, 0.3) is 0 Å². The highest BCUT2D eigenvalue weighted by atomic mass is 31.2. The molecule has 1 aromatic heterocycles. The van der Waals surface area contributed by atoms with Crippen molar-refractivity contribution in [3.05, 3.63) is 102 Å². The third-order valence-electron chi connectivity index (χ3n) is 5.15. The molecule has 0 saturated heterocycles. The summed E-state index contributed by atoms with van der Waals surface area (Å²) in [7, 11) is -2.65. The van der Waals surface area contributed by atoms with Gasteiger partial charge in [0.2, 0.25) is 11.3 Å². The molecule has 0 bridgehead atoms. The molecule has 1 heterocycles. The second-order valence-electron chi connectivity index (χ2n) is 7.21. The van der Waals surface area contributed by atoms with E-state index in [-0.39, 0.29) is 0 Å². The fourth-order valence-corrected chi connectivity index (χ4v) is 8.07. The van der Waals surface area contributed by atoms with Crippen molar-refractivity contribution in [3.8, 4) is 0 Å². The molecule has 1 N–H and O–H groups in total. The summed E-state index contributed by atoms with van der Waals surface area (Å²) in [4.78, 5) is 6.68. The fourth-order valence-electron chi connectivity index (χ4n) is 3.80. The predicted octanol–water partition coefficient (Wildman–Crippen LogP) is 4.66. The van der Waals surface area contributed by atoms with Gasteiger partial charge in [0.1, 0.15) is 15.9 Å². The van der Waals surface area contributed by atoms with Gasteiger partial charge in [-0.1, -0.05) is 54.1 Å². The monoisotopic (exact) mass is 425 g/mol. The zero-order valence-corrected chi connectivity index (χ0v) is 17.5. The van der Waals surface area contributed by atoms with Gasteiger partial charge in [0.15, 0.2) is 7.26 Å². The zero-order chi connectivity index (χ0) is 21.4. The van der Waals surface area contributed by atoms with Gasteiger partial charge in [-0.15, -0.1) is 0 Å². The van der Waals surface area contributed by atoms with Crippen LogP contribution in [0.15, 0.2) is 84.9 Å². The van der Waals surface area contributed by atoms with E-state index in [2.05, 4.69) is 9.97 Å². The van der Waals surface area contributed by atoms with E-state index in [1.807, 2.05) is 91.9 Å². The van der Waals surface area contributed by atoms with Gasteiger partial charge in [-0.25, -0.2) is 0 Å². The van der Waals surface area contributed by atoms with Crippen LogP contribution in [0.1, 0.15) is 17.1 Å². The predicted molar refractivity (Wildman–Crippen MR) is 118 cm³/mol. The van der Waals surface area contributed by atoms with Gasteiger partial charge in [-0.3, -0.25) is 0 Å². The van der Waals surface area contributed by atoms with Crippen molar-refractivity contribution in [3.63, 3.8) is 0 Å². The normalized spacial score (nSPS) is 12.2. The van der Waals surface area contributed by atoms with Crippen LogP contribution in [-0.4, -0.2) is 9.97 Å². The fraction of sp³-hybridized carbons (Fsp3) is 0.125. The van der Waals surface area contributed by atoms with E-state index in [1.54, 1.807) is 6.92 Å². The Morgan fingerprint density at radius 1 is 0.700 bits per heavy atom. The van der Waals surface area contributed by atoms with Gasteiger partial charge in [0.25, 0.3) is 0 Å². The summed E-state index contributed by atoms with van der Waals surface area (Å²) in [6.07, 6.45) is -4.54. The first-order chi connectivity index (χ1) is 14.3. The Bertz CT molecular complexity index is 1100. The van der Waals surface area contributed by atoms with Crippen molar-refractivity contribution in [2.45, 2.75) is 20.0 Å². The van der Waals surface area contributed by atoms with Crippen LogP contribution in [-0.2, 0) is 6.18 Å². The smallest absolute Gasteiger partial charge is 0.335 e. The highest BCUT2D eigenvalue weighted by Crippen LogP contribution is 2.54. The summed E-state index contributed by atoms with van der Waals surface area (Å²) in [5.74, 6) is -0.960. The first kappa shape index (κ1) is 20.4. The Kier molecular flexibility index (Phi) is 5.25. The van der Waals surface area contributed by atoms with E-state index in [4.69, 9.17) is 0 Å². The zero-order valence-electron chi connectivity index (χ0n) is 16.6. The van der Waals surface area contributed by atoms with E-state index in [0.717, 1.165) is 21.5 Å². The number of halogens is 3. The van der Waals surface area contributed by atoms with Crippen LogP contribution < -0.4 is 21.3 Å². The Morgan fingerprint density at radius 3 is 1.60 bits per heavy atom. The van der Waals surface area contributed by atoms with Gasteiger partial charge < -0.3 is 4.98 Å². The number of nitrogens with one attached hydrogen (secondary N) is 1. The van der Waals surface area contributed by atoms with Crippen LogP contribution in [0.2, 0.25) is 0 Å².